The zero-order valence-electron chi connectivity index (χ0n) is 10.9. The molecule has 0 heterocycles. The molecule has 0 bridgehead atoms. The van der Waals surface area contributed by atoms with Crippen molar-refractivity contribution in [1.29, 1.82) is 0 Å². The molecule has 0 aliphatic heterocycles. The van der Waals surface area contributed by atoms with Crippen molar-refractivity contribution in [2.45, 2.75) is 63.8 Å². The number of carbonyl (C=O) groups is 1. The molecule has 1 rings (SSSR count). The van der Waals surface area contributed by atoms with E-state index in [0.29, 0.717) is 19.4 Å². The molecule has 17 heavy (non-hydrogen) atoms. The van der Waals surface area contributed by atoms with Crippen molar-refractivity contribution >= 4 is 6.09 Å². The van der Waals surface area contributed by atoms with E-state index in [4.69, 9.17) is 10.5 Å². The summed E-state index contributed by atoms with van der Waals surface area (Å²) in [6, 6.07) is 0. The Labute approximate surface area is 102 Å². The molecule has 4 nitrogen and oxygen atoms in total. The lowest BCUT2D eigenvalue weighted by Gasteiger charge is -2.44. The molecule has 1 fully saturated rings. The van der Waals surface area contributed by atoms with Crippen molar-refractivity contribution in [1.82, 2.24) is 5.32 Å². The maximum absolute atomic E-state index is 13.9. The summed E-state index contributed by atoms with van der Waals surface area (Å²) >= 11 is 0. The van der Waals surface area contributed by atoms with Crippen LogP contribution in [0, 0.1) is 0 Å². The van der Waals surface area contributed by atoms with Crippen molar-refractivity contribution in [2.24, 2.45) is 5.73 Å². The van der Waals surface area contributed by atoms with E-state index in [-0.39, 0.29) is 6.42 Å². The van der Waals surface area contributed by atoms with Crippen molar-refractivity contribution in [3.05, 3.63) is 0 Å². The van der Waals surface area contributed by atoms with Gasteiger partial charge in [-0.05, 0) is 53.0 Å². The minimum absolute atomic E-state index is 0.274. The van der Waals surface area contributed by atoms with Gasteiger partial charge in [-0.15, -0.1) is 0 Å². The van der Waals surface area contributed by atoms with Crippen LogP contribution in [-0.4, -0.2) is 29.9 Å². The lowest BCUT2D eigenvalue weighted by atomic mass is 9.72. The van der Waals surface area contributed by atoms with E-state index in [2.05, 4.69) is 5.32 Å². The topological polar surface area (TPSA) is 64.3 Å². The van der Waals surface area contributed by atoms with Crippen LogP contribution in [0.1, 0.15) is 46.5 Å². The van der Waals surface area contributed by atoms with Crippen LogP contribution in [0.4, 0.5) is 9.18 Å². The predicted molar refractivity (Wildman–Crippen MR) is 64.5 cm³/mol. The van der Waals surface area contributed by atoms with E-state index >= 15 is 0 Å². The number of halogens is 1. The number of nitrogens with one attached hydrogen (secondary N) is 1. The zero-order valence-corrected chi connectivity index (χ0v) is 10.9. The van der Waals surface area contributed by atoms with Crippen LogP contribution >= 0.6 is 0 Å². The van der Waals surface area contributed by atoms with Gasteiger partial charge in [-0.3, -0.25) is 0 Å². The smallest absolute Gasteiger partial charge is 0.408 e. The first-order chi connectivity index (χ1) is 7.79. The van der Waals surface area contributed by atoms with Crippen molar-refractivity contribution in [3.8, 4) is 0 Å². The van der Waals surface area contributed by atoms with Crippen molar-refractivity contribution in [3.63, 3.8) is 0 Å². The first-order valence-corrected chi connectivity index (χ1v) is 6.14. The summed E-state index contributed by atoms with van der Waals surface area (Å²) in [6.07, 6.45) is 0.892. The summed E-state index contributed by atoms with van der Waals surface area (Å²) in [5.74, 6) is 0. The molecule has 1 aliphatic carbocycles. The Bertz CT molecular complexity index is 272. The van der Waals surface area contributed by atoms with Crippen LogP contribution in [-0.2, 0) is 4.74 Å². The average molecular weight is 246 g/mol. The second kappa shape index (κ2) is 5.21. The average Bonchev–Trinajstić information content (AvgIpc) is 2.08. The third-order valence-corrected chi connectivity index (χ3v) is 3.02. The summed E-state index contributed by atoms with van der Waals surface area (Å²) in [5, 5.41) is 2.68. The largest absolute Gasteiger partial charge is 0.444 e. The van der Waals surface area contributed by atoms with Crippen molar-refractivity contribution < 1.29 is 13.9 Å². The zero-order chi connectivity index (χ0) is 13.1. The van der Waals surface area contributed by atoms with Gasteiger partial charge in [-0.1, -0.05) is 0 Å². The van der Waals surface area contributed by atoms with Gasteiger partial charge in [0.2, 0.25) is 0 Å². The number of rotatable bonds is 4. The van der Waals surface area contributed by atoms with Crippen molar-refractivity contribution in [2.75, 3.05) is 6.54 Å². The highest BCUT2D eigenvalue weighted by atomic mass is 19.1. The van der Waals surface area contributed by atoms with E-state index in [9.17, 15) is 9.18 Å². The number of ether oxygens (including phenoxy) is 1. The van der Waals surface area contributed by atoms with Gasteiger partial charge in [0.05, 0.1) is 5.54 Å². The SMILES string of the molecule is CC(C)(C)OC(=O)NC1(C(F)CCN)CCC1. The standard InChI is InChI=1S/C12H23FN2O2/c1-11(2,3)17-10(16)15-12(6-4-7-12)9(13)5-8-14/h9H,4-8,14H2,1-3H3,(H,15,16). The molecule has 100 valence electrons. The highest BCUT2D eigenvalue weighted by Crippen LogP contribution is 2.38. The van der Waals surface area contributed by atoms with E-state index in [1.807, 2.05) is 0 Å². The molecule has 0 saturated heterocycles. The monoisotopic (exact) mass is 246 g/mol. The Kier molecular flexibility index (Phi) is 4.36. The third-order valence-electron chi connectivity index (χ3n) is 3.02. The Morgan fingerprint density at radius 3 is 2.47 bits per heavy atom. The Morgan fingerprint density at radius 2 is 2.12 bits per heavy atom. The number of hydrogen-bond donors (Lipinski definition) is 2. The van der Waals surface area contributed by atoms with Crippen LogP contribution in [0.15, 0.2) is 0 Å². The molecule has 1 saturated carbocycles. The van der Waals surface area contributed by atoms with Gasteiger partial charge in [0.15, 0.2) is 0 Å². The molecule has 0 aromatic rings. The maximum Gasteiger partial charge on any atom is 0.408 e. The van der Waals surface area contributed by atoms with Crippen LogP contribution in [0.2, 0.25) is 0 Å². The summed E-state index contributed by atoms with van der Waals surface area (Å²) in [6.45, 7) is 5.64. The second-order valence-corrected chi connectivity index (χ2v) is 5.68. The number of hydrogen-bond acceptors (Lipinski definition) is 3. The molecule has 0 aromatic carbocycles. The highest BCUT2D eigenvalue weighted by Gasteiger charge is 2.46. The Morgan fingerprint density at radius 1 is 1.53 bits per heavy atom. The molecule has 1 amide bonds. The van der Waals surface area contributed by atoms with Crippen LogP contribution in [0.25, 0.3) is 0 Å². The lowest BCUT2D eigenvalue weighted by molar-refractivity contribution is 0.0180. The van der Waals surface area contributed by atoms with Gasteiger partial charge < -0.3 is 15.8 Å². The number of amides is 1. The predicted octanol–water partition coefficient (Wildman–Crippen LogP) is 2.12. The molecule has 0 spiro atoms. The third kappa shape index (κ3) is 3.84. The van der Waals surface area contributed by atoms with Gasteiger partial charge in [0.25, 0.3) is 0 Å². The summed E-state index contributed by atoms with van der Waals surface area (Å²) in [5.41, 5.74) is 4.04. The summed E-state index contributed by atoms with van der Waals surface area (Å²) < 4.78 is 19.1. The van der Waals surface area contributed by atoms with Gasteiger partial charge in [-0.25, -0.2) is 9.18 Å². The quantitative estimate of drug-likeness (QED) is 0.798. The number of nitrogens with two attached hydrogens (primary N) is 1. The Hall–Kier alpha value is -0.840. The molecule has 1 atom stereocenters. The minimum atomic E-state index is -1.09. The molecule has 1 unspecified atom stereocenters. The molecule has 0 aromatic heterocycles. The Balaban J connectivity index is 2.54. The van der Waals surface area contributed by atoms with E-state index in [1.54, 1.807) is 20.8 Å². The first-order valence-electron chi connectivity index (χ1n) is 6.14. The number of alkyl carbamates (subject to hydrolysis) is 1. The highest BCUT2D eigenvalue weighted by molar-refractivity contribution is 5.69. The number of alkyl halides is 1. The molecule has 0 radical (unpaired) electrons. The number of carbonyl (C=O) groups excluding carboxylic acids is 1. The molecule has 5 heteroatoms. The fourth-order valence-corrected chi connectivity index (χ4v) is 2.00. The van der Waals surface area contributed by atoms with E-state index < -0.39 is 23.4 Å². The molecular weight excluding hydrogens is 223 g/mol. The molecule has 3 N–H and O–H groups in total. The first kappa shape index (κ1) is 14.2. The fourth-order valence-electron chi connectivity index (χ4n) is 2.00. The maximum atomic E-state index is 13.9. The van der Waals surface area contributed by atoms with E-state index in [1.165, 1.54) is 0 Å². The summed E-state index contributed by atoms with van der Waals surface area (Å²) in [4.78, 5) is 11.6. The fraction of sp³-hybridized carbons (Fsp3) is 0.917. The van der Waals surface area contributed by atoms with Crippen LogP contribution in [0.5, 0.6) is 0 Å². The van der Waals surface area contributed by atoms with Gasteiger partial charge in [-0.2, -0.15) is 0 Å². The van der Waals surface area contributed by atoms with Gasteiger partial charge in [0.1, 0.15) is 11.8 Å². The van der Waals surface area contributed by atoms with Gasteiger partial charge >= 0.3 is 6.09 Å². The van der Waals surface area contributed by atoms with Crippen LogP contribution in [0.3, 0.4) is 0 Å². The summed E-state index contributed by atoms with van der Waals surface area (Å²) in [7, 11) is 0. The molecule has 1 aliphatic rings. The normalized spacial score (nSPS) is 20.3. The van der Waals surface area contributed by atoms with Crippen LogP contribution < -0.4 is 11.1 Å². The minimum Gasteiger partial charge on any atom is -0.444 e. The second-order valence-electron chi connectivity index (χ2n) is 5.68. The van der Waals surface area contributed by atoms with E-state index in [0.717, 1.165) is 6.42 Å². The molecular formula is C12H23FN2O2. The lowest BCUT2D eigenvalue weighted by Crippen LogP contribution is -2.60. The van der Waals surface area contributed by atoms with Gasteiger partial charge in [0, 0.05) is 0 Å².